The molecule has 5 atom stereocenters. The van der Waals surface area contributed by atoms with Gasteiger partial charge in [-0.2, -0.15) is 0 Å². The van der Waals surface area contributed by atoms with Crippen LogP contribution in [0.5, 0.6) is 11.8 Å². The fourth-order valence-electron chi connectivity index (χ4n) is 2.36. The van der Waals surface area contributed by atoms with E-state index in [0.29, 0.717) is 4.73 Å². The normalized spacial score (nSPS) is 31.0. The molecule has 10 heteroatoms. The molecule has 3 N–H and O–H groups in total. The lowest BCUT2D eigenvalue weighted by Crippen LogP contribution is -2.62. The van der Waals surface area contributed by atoms with Crippen molar-refractivity contribution >= 4 is 5.97 Å². The van der Waals surface area contributed by atoms with Crippen LogP contribution in [0, 0.1) is 0 Å². The molecule has 0 aromatic carbocycles. The van der Waals surface area contributed by atoms with E-state index in [9.17, 15) is 20.1 Å². The lowest BCUT2D eigenvalue weighted by Gasteiger charge is -2.41. The van der Waals surface area contributed by atoms with Gasteiger partial charge >= 0.3 is 5.97 Å². The summed E-state index contributed by atoms with van der Waals surface area (Å²) in [5, 5.41) is 29.2. The largest absolute Gasteiger partial charge is 0.492 e. The first-order valence-corrected chi connectivity index (χ1v) is 6.68. The van der Waals surface area contributed by atoms with Crippen LogP contribution in [0.1, 0.15) is 0 Å². The zero-order valence-electron chi connectivity index (χ0n) is 12.8. The highest BCUT2D eigenvalue weighted by atomic mass is 16.7. The van der Waals surface area contributed by atoms with Crippen LogP contribution in [0.25, 0.3) is 0 Å². The molecule has 1 aliphatic rings. The van der Waals surface area contributed by atoms with Crippen LogP contribution in [0.2, 0.25) is 0 Å². The van der Waals surface area contributed by atoms with Gasteiger partial charge in [-0.15, -0.1) is 4.73 Å². The average molecular weight is 333 g/mol. The summed E-state index contributed by atoms with van der Waals surface area (Å²) in [6.45, 7) is 0. The van der Waals surface area contributed by atoms with Gasteiger partial charge in [0.05, 0.1) is 0 Å². The number of aromatic nitrogens is 1. The standard InChI is InChI=1S/C13H19NO9/c1-19-9-8(17)10(22-13(21-3)11(9)20-2)12(18)23-14-6(15)4-5-7(14)16/h4-5,8-11,13,15-17H,1-3H3. The van der Waals surface area contributed by atoms with E-state index in [2.05, 4.69) is 0 Å². The summed E-state index contributed by atoms with van der Waals surface area (Å²) < 4.78 is 21.2. The first-order chi connectivity index (χ1) is 10.9. The van der Waals surface area contributed by atoms with Crippen molar-refractivity contribution < 1.29 is 43.9 Å². The van der Waals surface area contributed by atoms with Gasteiger partial charge in [-0.3, -0.25) is 0 Å². The maximum absolute atomic E-state index is 12.2. The molecule has 0 radical (unpaired) electrons. The van der Waals surface area contributed by atoms with E-state index in [1.165, 1.54) is 21.3 Å². The van der Waals surface area contributed by atoms with E-state index in [-0.39, 0.29) is 0 Å². The molecule has 1 aromatic rings. The highest BCUT2D eigenvalue weighted by Crippen LogP contribution is 2.27. The molecule has 10 nitrogen and oxygen atoms in total. The molecule has 5 unspecified atom stereocenters. The van der Waals surface area contributed by atoms with Crippen LogP contribution < -0.4 is 4.84 Å². The fraction of sp³-hybridized carbons (Fsp3) is 0.615. The third-order valence-corrected chi connectivity index (χ3v) is 3.51. The summed E-state index contributed by atoms with van der Waals surface area (Å²) >= 11 is 0. The lowest BCUT2D eigenvalue weighted by molar-refractivity contribution is -0.297. The molecule has 0 aliphatic carbocycles. The highest BCUT2D eigenvalue weighted by Gasteiger charge is 2.50. The Bertz CT molecular complexity index is 526. The molecule has 0 spiro atoms. The number of aliphatic hydroxyl groups excluding tert-OH is 1. The van der Waals surface area contributed by atoms with Gasteiger partial charge in [0.2, 0.25) is 11.8 Å². The van der Waals surface area contributed by atoms with Gasteiger partial charge in [0.15, 0.2) is 12.4 Å². The van der Waals surface area contributed by atoms with E-state index >= 15 is 0 Å². The zero-order chi connectivity index (χ0) is 17.1. The Kier molecular flexibility index (Phi) is 5.44. The lowest BCUT2D eigenvalue weighted by atomic mass is 9.98. The summed E-state index contributed by atoms with van der Waals surface area (Å²) in [5.41, 5.74) is 0. The molecule has 2 rings (SSSR count). The molecule has 1 fully saturated rings. The summed E-state index contributed by atoms with van der Waals surface area (Å²) in [6.07, 6.45) is -5.56. The minimum absolute atomic E-state index is 0.491. The zero-order valence-corrected chi connectivity index (χ0v) is 12.8. The van der Waals surface area contributed by atoms with E-state index < -0.39 is 48.4 Å². The second-order valence-corrected chi connectivity index (χ2v) is 4.81. The maximum atomic E-state index is 12.2. The Morgan fingerprint density at radius 2 is 1.65 bits per heavy atom. The summed E-state index contributed by atoms with van der Waals surface area (Å²) in [7, 11) is 4.06. The van der Waals surface area contributed by atoms with Crippen LogP contribution in [-0.2, 0) is 23.7 Å². The van der Waals surface area contributed by atoms with Crippen molar-refractivity contribution in [1.82, 2.24) is 4.73 Å². The fourth-order valence-corrected chi connectivity index (χ4v) is 2.36. The van der Waals surface area contributed by atoms with Crippen LogP contribution in [0.3, 0.4) is 0 Å². The molecule has 1 aromatic heterocycles. The Morgan fingerprint density at radius 3 is 2.13 bits per heavy atom. The first kappa shape index (κ1) is 17.5. The minimum Gasteiger partial charge on any atom is -0.492 e. The van der Waals surface area contributed by atoms with Gasteiger partial charge in [-0.05, 0) is 0 Å². The summed E-state index contributed by atoms with van der Waals surface area (Å²) in [4.78, 5) is 17.0. The third kappa shape index (κ3) is 3.26. The topological polar surface area (TPSA) is 129 Å². The molecular weight excluding hydrogens is 314 g/mol. The van der Waals surface area contributed by atoms with Gasteiger partial charge in [-0.25, -0.2) is 4.79 Å². The molecule has 0 bridgehead atoms. The molecule has 2 heterocycles. The Labute approximate surface area is 131 Å². The van der Waals surface area contributed by atoms with Crippen molar-refractivity contribution in [2.45, 2.75) is 30.7 Å². The number of aliphatic hydroxyl groups is 1. The number of carbonyl (C=O) groups is 1. The Balaban J connectivity index is 2.19. The third-order valence-electron chi connectivity index (χ3n) is 3.51. The molecule has 1 saturated heterocycles. The molecule has 23 heavy (non-hydrogen) atoms. The van der Waals surface area contributed by atoms with Crippen molar-refractivity contribution in [2.24, 2.45) is 0 Å². The van der Waals surface area contributed by atoms with Gasteiger partial charge in [-0.1, -0.05) is 0 Å². The molecule has 0 amide bonds. The monoisotopic (exact) mass is 333 g/mol. The average Bonchev–Trinajstić information content (AvgIpc) is 2.85. The SMILES string of the molecule is COC1OC(C(=O)On2c(O)ccc2O)C(O)C(OC)C1OC. The van der Waals surface area contributed by atoms with Crippen molar-refractivity contribution in [3.63, 3.8) is 0 Å². The number of ether oxygens (including phenoxy) is 4. The van der Waals surface area contributed by atoms with Gasteiger partial charge in [0.1, 0.15) is 18.3 Å². The predicted molar refractivity (Wildman–Crippen MR) is 72.6 cm³/mol. The number of hydrogen-bond donors (Lipinski definition) is 3. The number of aromatic hydroxyl groups is 2. The second-order valence-electron chi connectivity index (χ2n) is 4.81. The predicted octanol–water partition coefficient (Wildman–Crippen LogP) is -1.38. The van der Waals surface area contributed by atoms with Crippen molar-refractivity contribution in [1.29, 1.82) is 0 Å². The highest BCUT2D eigenvalue weighted by molar-refractivity contribution is 5.76. The van der Waals surface area contributed by atoms with Gasteiger partial charge in [0, 0.05) is 33.5 Å². The number of methoxy groups -OCH3 is 3. The first-order valence-electron chi connectivity index (χ1n) is 6.68. The van der Waals surface area contributed by atoms with Crippen LogP contribution in [0.4, 0.5) is 0 Å². The van der Waals surface area contributed by atoms with Gasteiger partial charge < -0.3 is 39.1 Å². The number of nitrogens with zero attached hydrogens (tertiary/aromatic N) is 1. The van der Waals surface area contributed by atoms with Crippen molar-refractivity contribution in [2.75, 3.05) is 21.3 Å². The Hall–Kier alpha value is -1.85. The number of hydrogen-bond acceptors (Lipinski definition) is 9. The van der Waals surface area contributed by atoms with Crippen LogP contribution in [-0.4, -0.2) is 78.1 Å². The van der Waals surface area contributed by atoms with Crippen molar-refractivity contribution in [3.05, 3.63) is 12.1 Å². The van der Waals surface area contributed by atoms with E-state index in [1.54, 1.807) is 0 Å². The smallest absolute Gasteiger partial charge is 0.364 e. The quantitative estimate of drug-likeness (QED) is 0.597. The van der Waals surface area contributed by atoms with Crippen LogP contribution >= 0.6 is 0 Å². The van der Waals surface area contributed by atoms with E-state index in [0.717, 1.165) is 12.1 Å². The Morgan fingerprint density at radius 1 is 1.09 bits per heavy atom. The summed E-state index contributed by atoms with van der Waals surface area (Å²) in [6, 6.07) is 2.25. The van der Waals surface area contributed by atoms with E-state index in [4.69, 9.17) is 23.8 Å². The molecular formula is C13H19NO9. The number of carbonyl (C=O) groups excluding carboxylic acids is 1. The number of rotatable bonds is 5. The minimum atomic E-state index is -1.47. The van der Waals surface area contributed by atoms with Crippen molar-refractivity contribution in [3.8, 4) is 11.8 Å². The second kappa shape index (κ2) is 7.15. The van der Waals surface area contributed by atoms with Gasteiger partial charge in [0.25, 0.3) is 0 Å². The van der Waals surface area contributed by atoms with Crippen LogP contribution in [0.15, 0.2) is 12.1 Å². The maximum Gasteiger partial charge on any atom is 0.364 e. The molecule has 1 aliphatic heterocycles. The summed E-state index contributed by atoms with van der Waals surface area (Å²) in [5.74, 6) is -2.05. The van der Waals surface area contributed by atoms with E-state index in [1.807, 2.05) is 0 Å². The molecule has 0 saturated carbocycles. The molecule has 130 valence electrons.